The topological polar surface area (TPSA) is 105 Å². The van der Waals surface area contributed by atoms with E-state index in [0.717, 1.165) is 0 Å². The van der Waals surface area contributed by atoms with Crippen molar-refractivity contribution in [1.29, 1.82) is 0 Å². The highest BCUT2D eigenvalue weighted by Gasteiger charge is 2.17. The van der Waals surface area contributed by atoms with Crippen molar-refractivity contribution in [3.05, 3.63) is 0 Å². The largest absolute Gasteiger partial charge is 0.465 e. The van der Waals surface area contributed by atoms with E-state index in [-0.39, 0.29) is 0 Å². The number of esters is 2. The molecule has 17 heavy (non-hydrogen) atoms. The van der Waals surface area contributed by atoms with Crippen LogP contribution in [0.25, 0.3) is 0 Å². The van der Waals surface area contributed by atoms with Gasteiger partial charge in [-0.2, -0.15) is 0 Å². The lowest BCUT2D eigenvalue weighted by Gasteiger charge is -2.12. The molecule has 0 saturated carbocycles. The molecule has 2 atom stereocenters. The Hall–Kier alpha value is -1.14. The van der Waals surface area contributed by atoms with Gasteiger partial charge in [-0.25, -0.2) is 0 Å². The summed E-state index contributed by atoms with van der Waals surface area (Å²) in [6.07, 6.45) is 1.48. The molecule has 4 N–H and O–H groups in total. The monoisotopic (exact) mass is 246 g/mol. The van der Waals surface area contributed by atoms with Gasteiger partial charge in [0, 0.05) is 0 Å². The van der Waals surface area contributed by atoms with E-state index in [9.17, 15) is 9.59 Å². The maximum atomic E-state index is 11.2. The van der Waals surface area contributed by atoms with E-state index in [2.05, 4.69) is 0 Å². The van der Waals surface area contributed by atoms with Crippen molar-refractivity contribution in [2.24, 2.45) is 11.5 Å². The van der Waals surface area contributed by atoms with Crippen LogP contribution in [0.5, 0.6) is 0 Å². The summed E-state index contributed by atoms with van der Waals surface area (Å²) in [5.74, 6) is -0.839. The molecule has 0 saturated heterocycles. The molecule has 0 aromatic heterocycles. The van der Waals surface area contributed by atoms with Crippen LogP contribution < -0.4 is 11.5 Å². The lowest BCUT2D eigenvalue weighted by Crippen LogP contribution is -2.35. The highest BCUT2D eigenvalue weighted by Crippen LogP contribution is 2.04. The molecule has 0 amide bonds. The van der Waals surface area contributed by atoms with E-state index < -0.39 is 24.0 Å². The average Bonchev–Trinajstić information content (AvgIpc) is 2.29. The highest BCUT2D eigenvalue weighted by atomic mass is 16.5. The molecule has 0 bridgehead atoms. The second-order valence-electron chi connectivity index (χ2n) is 3.65. The smallest absolute Gasteiger partial charge is 0.322 e. The SMILES string of the molecule is CCOC(=O)C(N)CCCC(N)C(=O)OCC. The van der Waals surface area contributed by atoms with Gasteiger partial charge in [0.2, 0.25) is 0 Å². The zero-order valence-electron chi connectivity index (χ0n) is 10.5. The molecule has 100 valence electrons. The Balaban J connectivity index is 3.75. The van der Waals surface area contributed by atoms with Crippen LogP contribution in [0, 0.1) is 0 Å². The van der Waals surface area contributed by atoms with Gasteiger partial charge in [0.15, 0.2) is 0 Å². The Morgan fingerprint density at radius 3 is 1.59 bits per heavy atom. The second-order valence-corrected chi connectivity index (χ2v) is 3.65. The molecule has 0 aliphatic heterocycles. The van der Waals surface area contributed by atoms with E-state index in [1.165, 1.54) is 0 Å². The maximum absolute atomic E-state index is 11.2. The standard InChI is InChI=1S/C11H22N2O4/c1-3-16-10(14)8(12)6-5-7-9(13)11(15)17-4-2/h8-9H,3-7,12-13H2,1-2H3. The fourth-order valence-electron chi connectivity index (χ4n) is 1.29. The van der Waals surface area contributed by atoms with Crippen LogP contribution in [0.3, 0.4) is 0 Å². The molecule has 6 nitrogen and oxygen atoms in total. The third-order valence-corrected chi connectivity index (χ3v) is 2.21. The first kappa shape index (κ1) is 15.9. The van der Waals surface area contributed by atoms with Crippen LogP contribution in [-0.4, -0.2) is 37.2 Å². The van der Waals surface area contributed by atoms with Crippen molar-refractivity contribution in [3.63, 3.8) is 0 Å². The summed E-state index contributed by atoms with van der Waals surface area (Å²) in [5, 5.41) is 0. The summed E-state index contributed by atoms with van der Waals surface area (Å²) in [7, 11) is 0. The predicted molar refractivity (Wildman–Crippen MR) is 63.1 cm³/mol. The number of carbonyl (C=O) groups is 2. The van der Waals surface area contributed by atoms with Crippen molar-refractivity contribution in [2.45, 2.75) is 45.2 Å². The number of hydrogen-bond donors (Lipinski definition) is 2. The third kappa shape index (κ3) is 6.91. The molecule has 0 aromatic carbocycles. The van der Waals surface area contributed by atoms with E-state index in [0.29, 0.717) is 32.5 Å². The number of nitrogens with two attached hydrogens (primary N) is 2. The Kier molecular flexibility index (Phi) is 8.35. The molecular weight excluding hydrogens is 224 g/mol. The summed E-state index contributed by atoms with van der Waals surface area (Å²) in [6.45, 7) is 4.08. The van der Waals surface area contributed by atoms with Crippen molar-refractivity contribution in [1.82, 2.24) is 0 Å². The molecule has 0 fully saturated rings. The van der Waals surface area contributed by atoms with E-state index in [4.69, 9.17) is 20.9 Å². The second kappa shape index (κ2) is 8.95. The van der Waals surface area contributed by atoms with Gasteiger partial charge in [0.1, 0.15) is 12.1 Å². The summed E-state index contributed by atoms with van der Waals surface area (Å²) in [4.78, 5) is 22.4. The van der Waals surface area contributed by atoms with Gasteiger partial charge in [-0.05, 0) is 33.1 Å². The number of hydrogen-bond acceptors (Lipinski definition) is 6. The van der Waals surface area contributed by atoms with Crippen LogP contribution >= 0.6 is 0 Å². The number of rotatable bonds is 8. The molecule has 0 aromatic rings. The Morgan fingerprint density at radius 2 is 1.29 bits per heavy atom. The molecule has 0 aliphatic carbocycles. The summed E-state index contributed by atoms with van der Waals surface area (Å²) in [6, 6.07) is -1.30. The molecule has 6 heteroatoms. The molecular formula is C11H22N2O4. The average molecular weight is 246 g/mol. The first-order valence-electron chi connectivity index (χ1n) is 5.87. The Morgan fingerprint density at radius 1 is 0.941 bits per heavy atom. The van der Waals surface area contributed by atoms with Crippen LogP contribution in [0.2, 0.25) is 0 Å². The zero-order chi connectivity index (χ0) is 13.3. The quantitative estimate of drug-likeness (QED) is 0.581. The molecule has 0 radical (unpaired) electrons. The minimum Gasteiger partial charge on any atom is -0.465 e. The lowest BCUT2D eigenvalue weighted by atomic mass is 10.1. The van der Waals surface area contributed by atoms with Gasteiger partial charge in [-0.15, -0.1) is 0 Å². The lowest BCUT2D eigenvalue weighted by molar-refractivity contribution is -0.145. The van der Waals surface area contributed by atoms with Crippen molar-refractivity contribution in [3.8, 4) is 0 Å². The van der Waals surface area contributed by atoms with Crippen LogP contribution in [0.15, 0.2) is 0 Å². The first-order chi connectivity index (χ1) is 8.02. The highest BCUT2D eigenvalue weighted by molar-refractivity contribution is 5.76. The van der Waals surface area contributed by atoms with Crippen LogP contribution in [0.4, 0.5) is 0 Å². The van der Waals surface area contributed by atoms with Gasteiger partial charge in [0.05, 0.1) is 13.2 Å². The number of ether oxygens (including phenoxy) is 2. The van der Waals surface area contributed by atoms with Gasteiger partial charge in [0.25, 0.3) is 0 Å². The Labute approximate surface area is 102 Å². The summed E-state index contributed by atoms with van der Waals surface area (Å²) < 4.78 is 9.52. The minimum absolute atomic E-state index is 0.314. The third-order valence-electron chi connectivity index (χ3n) is 2.21. The van der Waals surface area contributed by atoms with E-state index in [1.54, 1.807) is 13.8 Å². The van der Waals surface area contributed by atoms with Gasteiger partial charge >= 0.3 is 11.9 Å². The fourth-order valence-corrected chi connectivity index (χ4v) is 1.29. The number of carbonyl (C=O) groups excluding carboxylic acids is 2. The normalized spacial score (nSPS) is 13.9. The van der Waals surface area contributed by atoms with E-state index >= 15 is 0 Å². The first-order valence-corrected chi connectivity index (χ1v) is 5.87. The fraction of sp³-hybridized carbons (Fsp3) is 0.818. The van der Waals surface area contributed by atoms with Gasteiger partial charge in [-0.3, -0.25) is 9.59 Å². The zero-order valence-corrected chi connectivity index (χ0v) is 10.5. The van der Waals surface area contributed by atoms with Gasteiger partial charge in [-0.1, -0.05) is 0 Å². The molecule has 2 unspecified atom stereocenters. The molecule has 0 spiro atoms. The molecule has 0 rings (SSSR count). The van der Waals surface area contributed by atoms with Crippen LogP contribution in [0.1, 0.15) is 33.1 Å². The van der Waals surface area contributed by atoms with Crippen molar-refractivity contribution >= 4 is 11.9 Å². The Bertz CT molecular complexity index is 222. The minimum atomic E-state index is -0.649. The predicted octanol–water partition coefficient (Wildman–Crippen LogP) is -0.0625. The molecule has 0 heterocycles. The maximum Gasteiger partial charge on any atom is 0.322 e. The van der Waals surface area contributed by atoms with E-state index in [1.807, 2.05) is 0 Å². The van der Waals surface area contributed by atoms with Crippen molar-refractivity contribution in [2.75, 3.05) is 13.2 Å². The summed E-state index contributed by atoms with van der Waals surface area (Å²) in [5.41, 5.74) is 11.2. The van der Waals surface area contributed by atoms with Crippen molar-refractivity contribution < 1.29 is 19.1 Å². The molecule has 0 aliphatic rings. The van der Waals surface area contributed by atoms with Gasteiger partial charge < -0.3 is 20.9 Å². The van der Waals surface area contributed by atoms with Crippen LogP contribution in [-0.2, 0) is 19.1 Å². The summed E-state index contributed by atoms with van der Waals surface area (Å²) >= 11 is 0.